The van der Waals surface area contributed by atoms with Gasteiger partial charge in [-0.1, -0.05) is 18.2 Å². The highest BCUT2D eigenvalue weighted by Gasteiger charge is 2.17. The number of nitrogens with zero attached hydrogens (tertiary/aromatic N) is 1. The molecule has 0 atom stereocenters. The Bertz CT molecular complexity index is 824. The molecular weight excluding hydrogens is 294 g/mol. The van der Waals surface area contributed by atoms with Crippen LogP contribution in [0.1, 0.15) is 16.1 Å². The molecule has 0 amide bonds. The molecule has 1 heterocycles. The van der Waals surface area contributed by atoms with E-state index in [0.717, 1.165) is 5.56 Å². The molecule has 5 heteroatoms. The highest BCUT2D eigenvalue weighted by molar-refractivity contribution is 6.08. The first-order valence-corrected chi connectivity index (χ1v) is 7.00. The second-order valence-electron chi connectivity index (χ2n) is 4.80. The van der Waals surface area contributed by atoms with E-state index in [2.05, 4.69) is 4.98 Å². The summed E-state index contributed by atoms with van der Waals surface area (Å²) in [5.41, 5.74) is 1.52. The molecule has 0 radical (unpaired) electrons. The Morgan fingerprint density at radius 2 is 1.74 bits per heavy atom. The molecule has 23 heavy (non-hydrogen) atoms. The molecule has 0 saturated heterocycles. The Kier molecular flexibility index (Phi) is 4.10. The molecule has 0 N–H and O–H groups in total. The zero-order chi connectivity index (χ0) is 16.2. The average Bonchev–Trinajstić information content (AvgIpc) is 3.11. The number of benzene rings is 2. The summed E-state index contributed by atoms with van der Waals surface area (Å²) < 4.78 is 15.8. The molecule has 0 aliphatic heterocycles. The molecule has 0 aliphatic carbocycles. The Hall–Kier alpha value is -3.08. The van der Waals surface area contributed by atoms with E-state index in [0.29, 0.717) is 23.0 Å². The summed E-state index contributed by atoms with van der Waals surface area (Å²) in [7, 11) is 3.07. The van der Waals surface area contributed by atoms with Crippen LogP contribution < -0.4 is 9.47 Å². The van der Waals surface area contributed by atoms with Crippen molar-refractivity contribution in [3.8, 4) is 23.0 Å². The minimum Gasteiger partial charge on any atom is -0.493 e. The number of rotatable bonds is 5. The van der Waals surface area contributed by atoms with Gasteiger partial charge >= 0.3 is 0 Å². The molecular formula is C18H15NO4. The predicted octanol–water partition coefficient (Wildman–Crippen LogP) is 3.59. The number of aromatic nitrogens is 1. The Balaban J connectivity index is 1.91. The average molecular weight is 309 g/mol. The second kappa shape index (κ2) is 6.36. The van der Waals surface area contributed by atoms with Gasteiger partial charge < -0.3 is 13.9 Å². The van der Waals surface area contributed by atoms with Gasteiger partial charge in [-0.25, -0.2) is 4.98 Å². The van der Waals surface area contributed by atoms with Crippen LogP contribution in [0.2, 0.25) is 0 Å². The lowest BCUT2D eigenvalue weighted by Crippen LogP contribution is -2.03. The molecule has 3 rings (SSSR count). The summed E-state index contributed by atoms with van der Waals surface area (Å²) in [5, 5.41) is 0. The Labute approximate surface area is 133 Å². The minimum absolute atomic E-state index is 0.239. The molecule has 3 aromatic rings. The van der Waals surface area contributed by atoms with Crippen LogP contribution in [0.25, 0.3) is 11.5 Å². The molecule has 2 aromatic carbocycles. The number of methoxy groups -OCH3 is 2. The SMILES string of the molecule is COc1ccc(C(=O)c2coc(-c3ccccc3)n2)cc1OC. The van der Waals surface area contributed by atoms with E-state index < -0.39 is 0 Å². The summed E-state index contributed by atoms with van der Waals surface area (Å²) in [6.45, 7) is 0. The zero-order valence-electron chi connectivity index (χ0n) is 12.8. The first-order valence-electron chi connectivity index (χ1n) is 7.00. The maximum absolute atomic E-state index is 12.5. The van der Waals surface area contributed by atoms with Crippen molar-refractivity contribution in [3.63, 3.8) is 0 Å². The second-order valence-corrected chi connectivity index (χ2v) is 4.80. The van der Waals surface area contributed by atoms with Crippen molar-refractivity contribution in [2.75, 3.05) is 14.2 Å². The third kappa shape index (κ3) is 2.94. The minimum atomic E-state index is -0.239. The Morgan fingerprint density at radius 3 is 2.43 bits per heavy atom. The molecule has 0 saturated carbocycles. The van der Waals surface area contributed by atoms with Crippen molar-refractivity contribution in [1.82, 2.24) is 4.98 Å². The summed E-state index contributed by atoms with van der Waals surface area (Å²) in [4.78, 5) is 16.8. The van der Waals surface area contributed by atoms with Gasteiger partial charge in [-0.15, -0.1) is 0 Å². The largest absolute Gasteiger partial charge is 0.493 e. The number of ketones is 1. The van der Waals surface area contributed by atoms with Gasteiger partial charge in [-0.3, -0.25) is 4.79 Å². The van der Waals surface area contributed by atoms with Gasteiger partial charge in [-0.05, 0) is 30.3 Å². The van der Waals surface area contributed by atoms with E-state index in [4.69, 9.17) is 13.9 Å². The molecule has 1 aromatic heterocycles. The van der Waals surface area contributed by atoms with E-state index in [1.165, 1.54) is 13.4 Å². The normalized spacial score (nSPS) is 10.3. The van der Waals surface area contributed by atoms with E-state index in [1.54, 1.807) is 25.3 Å². The van der Waals surface area contributed by atoms with Crippen LogP contribution in [0.15, 0.2) is 59.2 Å². The lowest BCUT2D eigenvalue weighted by molar-refractivity contribution is 0.103. The van der Waals surface area contributed by atoms with Crippen molar-refractivity contribution < 1.29 is 18.7 Å². The third-order valence-electron chi connectivity index (χ3n) is 3.40. The quantitative estimate of drug-likeness (QED) is 0.674. The topological polar surface area (TPSA) is 61.6 Å². The van der Waals surface area contributed by atoms with Gasteiger partial charge in [0.25, 0.3) is 0 Å². The fraction of sp³-hybridized carbons (Fsp3) is 0.111. The van der Waals surface area contributed by atoms with Crippen LogP contribution in [0, 0.1) is 0 Å². The van der Waals surface area contributed by atoms with Gasteiger partial charge in [0.05, 0.1) is 14.2 Å². The zero-order valence-corrected chi connectivity index (χ0v) is 12.8. The van der Waals surface area contributed by atoms with Crippen molar-refractivity contribution in [2.24, 2.45) is 0 Å². The number of carbonyl (C=O) groups excluding carboxylic acids is 1. The van der Waals surface area contributed by atoms with Gasteiger partial charge in [0.2, 0.25) is 11.7 Å². The fourth-order valence-electron chi connectivity index (χ4n) is 2.22. The number of carbonyl (C=O) groups is 1. The van der Waals surface area contributed by atoms with Crippen LogP contribution >= 0.6 is 0 Å². The number of hydrogen-bond acceptors (Lipinski definition) is 5. The number of ether oxygens (including phenoxy) is 2. The smallest absolute Gasteiger partial charge is 0.226 e. The summed E-state index contributed by atoms with van der Waals surface area (Å²) in [5.74, 6) is 1.23. The van der Waals surface area contributed by atoms with Crippen molar-refractivity contribution >= 4 is 5.78 Å². The Morgan fingerprint density at radius 1 is 1.00 bits per heavy atom. The number of oxazole rings is 1. The van der Waals surface area contributed by atoms with Gasteiger partial charge in [-0.2, -0.15) is 0 Å². The van der Waals surface area contributed by atoms with Gasteiger partial charge in [0, 0.05) is 11.1 Å². The monoisotopic (exact) mass is 309 g/mol. The standard InChI is InChI=1S/C18H15NO4/c1-21-15-9-8-13(10-16(15)22-2)17(20)14-11-23-18(19-14)12-6-4-3-5-7-12/h3-11H,1-2H3. The van der Waals surface area contributed by atoms with Gasteiger partial charge in [0.1, 0.15) is 6.26 Å². The summed E-state index contributed by atoms with van der Waals surface area (Å²) in [6.07, 6.45) is 1.36. The maximum atomic E-state index is 12.5. The van der Waals surface area contributed by atoms with Crippen LogP contribution in [0.4, 0.5) is 0 Å². The highest BCUT2D eigenvalue weighted by Crippen LogP contribution is 2.28. The highest BCUT2D eigenvalue weighted by atomic mass is 16.5. The number of hydrogen-bond donors (Lipinski definition) is 0. The van der Waals surface area contributed by atoms with Crippen molar-refractivity contribution in [1.29, 1.82) is 0 Å². The lowest BCUT2D eigenvalue weighted by Gasteiger charge is -2.08. The molecule has 0 fully saturated rings. The molecule has 0 unspecified atom stereocenters. The molecule has 116 valence electrons. The molecule has 5 nitrogen and oxygen atoms in total. The van der Waals surface area contributed by atoms with Crippen molar-refractivity contribution in [2.45, 2.75) is 0 Å². The van der Waals surface area contributed by atoms with Gasteiger partial charge in [0.15, 0.2) is 17.2 Å². The first kappa shape index (κ1) is 14.8. The molecule has 0 spiro atoms. The molecule has 0 aliphatic rings. The van der Waals surface area contributed by atoms with E-state index in [1.807, 2.05) is 30.3 Å². The van der Waals surface area contributed by atoms with Crippen LogP contribution in [0.3, 0.4) is 0 Å². The van der Waals surface area contributed by atoms with Crippen LogP contribution in [-0.2, 0) is 0 Å². The van der Waals surface area contributed by atoms with E-state index in [9.17, 15) is 4.79 Å². The molecule has 0 bridgehead atoms. The first-order chi connectivity index (χ1) is 11.2. The summed E-state index contributed by atoms with van der Waals surface area (Å²) >= 11 is 0. The van der Waals surface area contributed by atoms with E-state index >= 15 is 0 Å². The maximum Gasteiger partial charge on any atom is 0.226 e. The third-order valence-corrected chi connectivity index (χ3v) is 3.40. The van der Waals surface area contributed by atoms with E-state index in [-0.39, 0.29) is 11.5 Å². The van der Waals surface area contributed by atoms with Crippen LogP contribution in [0.5, 0.6) is 11.5 Å². The summed E-state index contributed by atoms with van der Waals surface area (Å²) in [6, 6.07) is 14.4. The predicted molar refractivity (Wildman–Crippen MR) is 84.9 cm³/mol. The van der Waals surface area contributed by atoms with Crippen molar-refractivity contribution in [3.05, 3.63) is 66.1 Å². The van der Waals surface area contributed by atoms with Crippen LogP contribution in [-0.4, -0.2) is 25.0 Å². The fourth-order valence-corrected chi connectivity index (χ4v) is 2.22. The lowest BCUT2D eigenvalue weighted by atomic mass is 10.1.